The highest BCUT2D eigenvalue weighted by atomic mass is 35.5. The van der Waals surface area contributed by atoms with Crippen molar-refractivity contribution in [3.63, 3.8) is 0 Å². The SMILES string of the molecule is CCCC(=O)N1CCN(c2cc(Cl)nc(SCC(=O)N3CCC(Cc4ccccc4)CC3)n2)CC1C. The molecule has 2 amide bonds. The molecular weight excluding hydrogens is 494 g/mol. The Bertz CT molecular complexity index is 1030. The maximum atomic E-state index is 12.9. The lowest BCUT2D eigenvalue weighted by Gasteiger charge is -2.40. The second-order valence-electron chi connectivity index (χ2n) is 9.77. The molecule has 3 heterocycles. The Morgan fingerprint density at radius 3 is 2.50 bits per heavy atom. The van der Waals surface area contributed by atoms with Crippen LogP contribution >= 0.6 is 23.4 Å². The maximum Gasteiger partial charge on any atom is 0.233 e. The second kappa shape index (κ2) is 12.8. The van der Waals surface area contributed by atoms with Crippen molar-refractivity contribution < 1.29 is 9.59 Å². The van der Waals surface area contributed by atoms with Gasteiger partial charge in [-0.1, -0.05) is 60.6 Å². The van der Waals surface area contributed by atoms with E-state index in [1.807, 2.05) is 22.8 Å². The van der Waals surface area contributed by atoms with Gasteiger partial charge in [0.2, 0.25) is 11.8 Å². The van der Waals surface area contributed by atoms with Gasteiger partial charge in [0.05, 0.1) is 5.75 Å². The lowest BCUT2D eigenvalue weighted by atomic mass is 9.90. The van der Waals surface area contributed by atoms with Gasteiger partial charge in [-0.2, -0.15) is 0 Å². The normalized spacial score (nSPS) is 19.0. The molecular formula is C27H36ClN5O2S. The topological polar surface area (TPSA) is 69.6 Å². The minimum atomic E-state index is 0.106. The van der Waals surface area contributed by atoms with E-state index in [2.05, 4.69) is 41.1 Å². The third-order valence-corrected chi connectivity index (χ3v) is 8.08. The average Bonchev–Trinajstić information content (AvgIpc) is 2.88. The molecule has 0 bridgehead atoms. The molecule has 0 N–H and O–H groups in total. The molecule has 1 unspecified atom stereocenters. The van der Waals surface area contributed by atoms with Crippen LogP contribution in [0.3, 0.4) is 0 Å². The molecule has 1 aromatic heterocycles. The molecule has 4 rings (SSSR count). The van der Waals surface area contributed by atoms with E-state index >= 15 is 0 Å². The zero-order valence-corrected chi connectivity index (χ0v) is 22.8. The minimum Gasteiger partial charge on any atom is -0.353 e. The minimum absolute atomic E-state index is 0.106. The molecule has 0 saturated carbocycles. The lowest BCUT2D eigenvalue weighted by molar-refractivity contribution is -0.133. The van der Waals surface area contributed by atoms with E-state index in [-0.39, 0.29) is 17.9 Å². The van der Waals surface area contributed by atoms with Crippen LogP contribution in [0.15, 0.2) is 41.6 Å². The van der Waals surface area contributed by atoms with Crippen molar-refractivity contribution in [3.8, 4) is 0 Å². The van der Waals surface area contributed by atoms with Gasteiger partial charge in [-0.3, -0.25) is 9.59 Å². The van der Waals surface area contributed by atoms with Crippen LogP contribution < -0.4 is 4.90 Å². The van der Waals surface area contributed by atoms with Crippen LogP contribution in [0, 0.1) is 5.92 Å². The molecule has 2 saturated heterocycles. The summed E-state index contributed by atoms with van der Waals surface area (Å²) in [6.45, 7) is 7.77. The van der Waals surface area contributed by atoms with Crippen molar-refractivity contribution >= 4 is 41.0 Å². The van der Waals surface area contributed by atoms with Gasteiger partial charge in [0.15, 0.2) is 5.16 Å². The van der Waals surface area contributed by atoms with Crippen LogP contribution in [0.25, 0.3) is 0 Å². The first-order chi connectivity index (χ1) is 17.4. The molecule has 0 spiro atoms. The molecule has 2 aromatic rings. The molecule has 36 heavy (non-hydrogen) atoms. The van der Waals surface area contributed by atoms with Crippen molar-refractivity contribution in [2.24, 2.45) is 5.92 Å². The first-order valence-corrected chi connectivity index (χ1v) is 14.3. The summed E-state index contributed by atoms with van der Waals surface area (Å²) in [4.78, 5) is 40.3. The highest BCUT2D eigenvalue weighted by Crippen LogP contribution is 2.26. The Kier molecular flexibility index (Phi) is 9.48. The number of nitrogens with zero attached hydrogens (tertiary/aromatic N) is 5. The molecule has 194 valence electrons. The van der Waals surface area contributed by atoms with Gasteiger partial charge >= 0.3 is 0 Å². The average molecular weight is 530 g/mol. The van der Waals surface area contributed by atoms with E-state index in [0.29, 0.717) is 48.0 Å². The number of hydrogen-bond donors (Lipinski definition) is 0. The first-order valence-electron chi connectivity index (χ1n) is 13.0. The van der Waals surface area contributed by atoms with Crippen LogP contribution in [0.5, 0.6) is 0 Å². The molecule has 0 aliphatic carbocycles. The fourth-order valence-corrected chi connectivity index (χ4v) is 6.04. The Labute approximate surface area is 223 Å². The van der Waals surface area contributed by atoms with Crippen LogP contribution in [0.2, 0.25) is 5.15 Å². The van der Waals surface area contributed by atoms with Crippen LogP contribution in [-0.2, 0) is 16.0 Å². The van der Waals surface area contributed by atoms with E-state index in [1.165, 1.54) is 17.3 Å². The number of rotatable bonds is 8. The highest BCUT2D eigenvalue weighted by Gasteiger charge is 2.28. The van der Waals surface area contributed by atoms with Gasteiger partial charge in [-0.05, 0) is 44.1 Å². The van der Waals surface area contributed by atoms with Crippen LogP contribution in [0.4, 0.5) is 5.82 Å². The number of carbonyl (C=O) groups excluding carboxylic acids is 2. The summed E-state index contributed by atoms with van der Waals surface area (Å²) in [7, 11) is 0. The largest absolute Gasteiger partial charge is 0.353 e. The summed E-state index contributed by atoms with van der Waals surface area (Å²) >= 11 is 7.66. The molecule has 2 fully saturated rings. The van der Waals surface area contributed by atoms with Crippen molar-refractivity contribution in [2.75, 3.05) is 43.4 Å². The number of hydrogen-bond acceptors (Lipinski definition) is 6. The van der Waals surface area contributed by atoms with Crippen molar-refractivity contribution in [2.45, 2.75) is 57.1 Å². The van der Waals surface area contributed by atoms with Crippen molar-refractivity contribution in [1.82, 2.24) is 19.8 Å². The number of aromatic nitrogens is 2. The summed E-state index contributed by atoms with van der Waals surface area (Å²) in [6.07, 6.45) is 4.60. The fraction of sp³-hybridized carbons (Fsp3) is 0.556. The summed E-state index contributed by atoms with van der Waals surface area (Å²) in [6, 6.07) is 12.5. The number of amides is 2. The van der Waals surface area contributed by atoms with Gasteiger partial charge in [-0.25, -0.2) is 9.97 Å². The number of halogens is 1. The van der Waals surface area contributed by atoms with E-state index in [1.54, 1.807) is 6.07 Å². The van der Waals surface area contributed by atoms with Gasteiger partial charge < -0.3 is 14.7 Å². The highest BCUT2D eigenvalue weighted by molar-refractivity contribution is 7.99. The maximum absolute atomic E-state index is 12.9. The summed E-state index contributed by atoms with van der Waals surface area (Å²) in [5.41, 5.74) is 1.37. The number of carbonyl (C=O) groups is 2. The molecule has 1 atom stereocenters. The fourth-order valence-electron chi connectivity index (χ4n) is 5.06. The molecule has 7 nitrogen and oxygen atoms in total. The van der Waals surface area contributed by atoms with Gasteiger partial charge in [0, 0.05) is 51.3 Å². The standard InChI is InChI=1S/C27H36ClN5O2S/c1-3-7-25(34)33-15-14-32(18-20(33)2)24-17-23(28)29-27(30-24)36-19-26(35)31-12-10-22(11-13-31)16-21-8-5-4-6-9-21/h4-6,8-9,17,20,22H,3,7,10-16,18-19H2,1-2H3. The van der Waals surface area contributed by atoms with Gasteiger partial charge in [-0.15, -0.1) is 0 Å². The number of likely N-dealkylation sites (tertiary alicyclic amines) is 1. The number of thioether (sulfide) groups is 1. The Hall–Kier alpha value is -2.32. The Morgan fingerprint density at radius 1 is 1.06 bits per heavy atom. The van der Waals surface area contributed by atoms with E-state index in [0.717, 1.165) is 44.6 Å². The third-order valence-electron chi connectivity index (χ3n) is 7.06. The van der Waals surface area contributed by atoms with Crippen molar-refractivity contribution in [3.05, 3.63) is 47.1 Å². The summed E-state index contributed by atoms with van der Waals surface area (Å²) in [5, 5.41) is 0.885. The molecule has 2 aliphatic rings. The number of anilines is 1. The number of piperazine rings is 1. The van der Waals surface area contributed by atoms with Crippen LogP contribution in [-0.4, -0.2) is 76.1 Å². The molecule has 2 aliphatic heterocycles. The van der Waals surface area contributed by atoms with Gasteiger partial charge in [0.25, 0.3) is 0 Å². The third kappa shape index (κ3) is 7.13. The Balaban J connectivity index is 1.27. The van der Waals surface area contributed by atoms with Gasteiger partial charge in [0.1, 0.15) is 11.0 Å². The van der Waals surface area contributed by atoms with Crippen LogP contribution in [0.1, 0.15) is 45.1 Å². The molecule has 9 heteroatoms. The predicted octanol–water partition coefficient (Wildman–Crippen LogP) is 4.54. The Morgan fingerprint density at radius 2 is 1.81 bits per heavy atom. The molecule has 1 aromatic carbocycles. The predicted molar refractivity (Wildman–Crippen MR) is 146 cm³/mol. The lowest BCUT2D eigenvalue weighted by Crippen LogP contribution is -2.54. The van der Waals surface area contributed by atoms with E-state index in [9.17, 15) is 9.59 Å². The zero-order chi connectivity index (χ0) is 25.5. The monoisotopic (exact) mass is 529 g/mol. The number of piperidine rings is 1. The summed E-state index contributed by atoms with van der Waals surface area (Å²) < 4.78 is 0. The van der Waals surface area contributed by atoms with E-state index in [4.69, 9.17) is 16.6 Å². The first kappa shape index (κ1) is 26.7. The molecule has 0 radical (unpaired) electrons. The quantitative estimate of drug-likeness (QED) is 0.284. The van der Waals surface area contributed by atoms with E-state index < -0.39 is 0 Å². The number of benzene rings is 1. The zero-order valence-electron chi connectivity index (χ0n) is 21.2. The second-order valence-corrected chi connectivity index (χ2v) is 11.1. The van der Waals surface area contributed by atoms with Crippen molar-refractivity contribution in [1.29, 1.82) is 0 Å². The summed E-state index contributed by atoms with van der Waals surface area (Å²) in [5.74, 6) is 2.02. The smallest absolute Gasteiger partial charge is 0.233 e.